The number of nitrogens with zero attached hydrogens (tertiary/aromatic N) is 1. The van der Waals surface area contributed by atoms with Gasteiger partial charge in [-0.25, -0.2) is 4.98 Å². The zero-order chi connectivity index (χ0) is 19.2. The van der Waals surface area contributed by atoms with Gasteiger partial charge in [-0.3, -0.25) is 10.1 Å². The second-order valence-corrected chi connectivity index (χ2v) is 6.96. The van der Waals surface area contributed by atoms with Crippen molar-refractivity contribution in [2.24, 2.45) is 0 Å². The molecule has 7 heteroatoms. The highest BCUT2D eigenvalue weighted by Crippen LogP contribution is 2.29. The number of benzene rings is 2. The van der Waals surface area contributed by atoms with Gasteiger partial charge in [-0.15, -0.1) is 0 Å². The molecular formula is C20H22N2O4S. The lowest BCUT2D eigenvalue weighted by Crippen LogP contribution is -2.30. The molecule has 1 aromatic heterocycles. The van der Waals surface area contributed by atoms with Crippen LogP contribution in [0.2, 0.25) is 0 Å². The number of hydrogen-bond donors (Lipinski definition) is 1. The van der Waals surface area contributed by atoms with E-state index in [1.807, 2.05) is 30.3 Å². The van der Waals surface area contributed by atoms with Crippen LogP contribution in [-0.4, -0.2) is 30.7 Å². The van der Waals surface area contributed by atoms with Gasteiger partial charge < -0.3 is 14.2 Å². The van der Waals surface area contributed by atoms with E-state index in [1.165, 1.54) is 11.3 Å². The van der Waals surface area contributed by atoms with Crippen molar-refractivity contribution >= 4 is 32.6 Å². The number of aromatic nitrogens is 1. The number of hydrogen-bond acceptors (Lipinski definition) is 6. The van der Waals surface area contributed by atoms with Crippen LogP contribution in [0.1, 0.15) is 20.3 Å². The van der Waals surface area contributed by atoms with Crippen LogP contribution in [0.15, 0.2) is 42.5 Å². The smallest absolute Gasteiger partial charge is 0.266 e. The van der Waals surface area contributed by atoms with Crippen molar-refractivity contribution in [3.05, 3.63) is 42.5 Å². The molecule has 0 fully saturated rings. The molecule has 0 saturated heterocycles. The molecule has 3 aromatic rings. The molecule has 0 aliphatic rings. The van der Waals surface area contributed by atoms with E-state index < -0.39 is 6.10 Å². The standard InChI is InChI=1S/C20H22N2O4S/c1-4-10-25-15-8-9-17-18(12-15)27-20(21-17)22-19(23)13(2)26-16-7-5-6-14(11-16)24-3/h5-9,11-13H,4,10H2,1-3H3,(H,21,22,23). The van der Waals surface area contributed by atoms with Crippen molar-refractivity contribution < 1.29 is 19.0 Å². The molecule has 2 aromatic carbocycles. The van der Waals surface area contributed by atoms with Gasteiger partial charge in [0.05, 0.1) is 23.9 Å². The quantitative estimate of drug-likeness (QED) is 0.617. The molecule has 0 aliphatic heterocycles. The summed E-state index contributed by atoms with van der Waals surface area (Å²) < 4.78 is 17.5. The Labute approximate surface area is 162 Å². The lowest BCUT2D eigenvalue weighted by Gasteiger charge is -2.14. The molecule has 6 nitrogen and oxygen atoms in total. The van der Waals surface area contributed by atoms with Crippen LogP contribution < -0.4 is 19.5 Å². The van der Waals surface area contributed by atoms with Crippen molar-refractivity contribution in [1.29, 1.82) is 0 Å². The predicted octanol–water partition coefficient (Wildman–Crippen LogP) is 4.50. The van der Waals surface area contributed by atoms with E-state index in [4.69, 9.17) is 14.2 Å². The van der Waals surface area contributed by atoms with Gasteiger partial charge in [0.15, 0.2) is 11.2 Å². The van der Waals surface area contributed by atoms with Crippen molar-refractivity contribution in [1.82, 2.24) is 4.98 Å². The first-order valence-electron chi connectivity index (χ1n) is 8.74. The Morgan fingerprint density at radius 1 is 1.19 bits per heavy atom. The summed E-state index contributed by atoms with van der Waals surface area (Å²) in [5.74, 6) is 1.78. The summed E-state index contributed by atoms with van der Waals surface area (Å²) in [6, 6.07) is 12.9. The summed E-state index contributed by atoms with van der Waals surface area (Å²) in [5, 5.41) is 3.35. The topological polar surface area (TPSA) is 69.7 Å². The van der Waals surface area contributed by atoms with Gasteiger partial charge in [0.25, 0.3) is 5.91 Å². The highest BCUT2D eigenvalue weighted by atomic mass is 32.1. The van der Waals surface area contributed by atoms with Crippen LogP contribution in [-0.2, 0) is 4.79 Å². The fraction of sp³-hybridized carbons (Fsp3) is 0.300. The summed E-state index contributed by atoms with van der Waals surface area (Å²) >= 11 is 1.40. The lowest BCUT2D eigenvalue weighted by atomic mass is 10.3. The molecule has 1 unspecified atom stereocenters. The van der Waals surface area contributed by atoms with E-state index in [2.05, 4.69) is 17.2 Å². The molecule has 1 amide bonds. The average Bonchev–Trinajstić information content (AvgIpc) is 3.07. The Morgan fingerprint density at radius 3 is 2.78 bits per heavy atom. The number of carbonyl (C=O) groups is 1. The van der Waals surface area contributed by atoms with Gasteiger partial charge in [-0.1, -0.05) is 24.3 Å². The van der Waals surface area contributed by atoms with Crippen LogP contribution in [0.5, 0.6) is 17.2 Å². The minimum absolute atomic E-state index is 0.265. The number of ether oxygens (including phenoxy) is 3. The number of amides is 1. The molecule has 1 atom stereocenters. The third-order valence-corrected chi connectivity index (χ3v) is 4.72. The van der Waals surface area contributed by atoms with Crippen LogP contribution in [0.25, 0.3) is 10.2 Å². The van der Waals surface area contributed by atoms with E-state index in [9.17, 15) is 4.79 Å². The molecular weight excluding hydrogens is 364 g/mol. The number of methoxy groups -OCH3 is 1. The van der Waals surface area contributed by atoms with E-state index >= 15 is 0 Å². The summed E-state index contributed by atoms with van der Waals surface area (Å²) in [5.41, 5.74) is 0.820. The molecule has 0 spiro atoms. The second kappa shape index (κ2) is 8.73. The first-order chi connectivity index (χ1) is 13.1. The van der Waals surface area contributed by atoms with Crippen molar-refractivity contribution in [3.8, 4) is 17.2 Å². The number of anilines is 1. The Bertz CT molecular complexity index is 925. The number of thiazole rings is 1. The van der Waals surface area contributed by atoms with E-state index in [0.29, 0.717) is 23.2 Å². The number of fused-ring (bicyclic) bond motifs is 1. The van der Waals surface area contributed by atoms with Crippen LogP contribution >= 0.6 is 11.3 Å². The Balaban J connectivity index is 1.65. The largest absolute Gasteiger partial charge is 0.497 e. The molecule has 142 valence electrons. The summed E-state index contributed by atoms with van der Waals surface area (Å²) in [4.78, 5) is 16.9. The lowest BCUT2D eigenvalue weighted by molar-refractivity contribution is -0.122. The van der Waals surface area contributed by atoms with Crippen molar-refractivity contribution in [3.63, 3.8) is 0 Å². The number of nitrogens with one attached hydrogen (secondary N) is 1. The van der Waals surface area contributed by atoms with Gasteiger partial charge in [0.2, 0.25) is 0 Å². The summed E-state index contributed by atoms with van der Waals surface area (Å²) in [6.45, 7) is 4.43. The normalized spacial score (nSPS) is 11.8. The maximum atomic E-state index is 12.4. The van der Waals surface area contributed by atoms with E-state index in [0.717, 1.165) is 22.4 Å². The van der Waals surface area contributed by atoms with Gasteiger partial charge in [-0.05, 0) is 43.7 Å². The zero-order valence-electron chi connectivity index (χ0n) is 15.5. The van der Waals surface area contributed by atoms with Crippen LogP contribution in [0, 0.1) is 0 Å². The van der Waals surface area contributed by atoms with Gasteiger partial charge >= 0.3 is 0 Å². The van der Waals surface area contributed by atoms with Gasteiger partial charge in [-0.2, -0.15) is 0 Å². The maximum absolute atomic E-state index is 12.4. The Morgan fingerprint density at radius 2 is 2.00 bits per heavy atom. The number of rotatable bonds is 8. The molecule has 0 saturated carbocycles. The van der Waals surface area contributed by atoms with Crippen molar-refractivity contribution in [2.45, 2.75) is 26.4 Å². The van der Waals surface area contributed by atoms with Crippen LogP contribution in [0.4, 0.5) is 5.13 Å². The highest BCUT2D eigenvalue weighted by molar-refractivity contribution is 7.22. The Kier molecular flexibility index (Phi) is 6.13. The highest BCUT2D eigenvalue weighted by Gasteiger charge is 2.17. The van der Waals surface area contributed by atoms with Gasteiger partial charge in [0, 0.05) is 6.07 Å². The molecule has 27 heavy (non-hydrogen) atoms. The molecule has 0 bridgehead atoms. The number of carbonyl (C=O) groups excluding carboxylic acids is 1. The minimum atomic E-state index is -0.674. The molecule has 1 N–H and O–H groups in total. The second-order valence-electron chi connectivity index (χ2n) is 5.93. The first kappa shape index (κ1) is 19.0. The minimum Gasteiger partial charge on any atom is -0.497 e. The van der Waals surface area contributed by atoms with Crippen LogP contribution in [0.3, 0.4) is 0 Å². The molecule has 0 radical (unpaired) electrons. The zero-order valence-corrected chi connectivity index (χ0v) is 16.3. The average molecular weight is 386 g/mol. The molecule has 0 aliphatic carbocycles. The molecule has 3 rings (SSSR count). The third kappa shape index (κ3) is 4.89. The maximum Gasteiger partial charge on any atom is 0.266 e. The molecule has 1 heterocycles. The van der Waals surface area contributed by atoms with E-state index in [1.54, 1.807) is 26.2 Å². The SMILES string of the molecule is CCCOc1ccc2nc(NC(=O)C(C)Oc3cccc(OC)c3)sc2c1. The monoisotopic (exact) mass is 386 g/mol. The Hall–Kier alpha value is -2.80. The fourth-order valence-corrected chi connectivity index (χ4v) is 3.30. The fourth-order valence-electron chi connectivity index (χ4n) is 2.41. The van der Waals surface area contributed by atoms with Gasteiger partial charge in [0.1, 0.15) is 17.2 Å². The summed E-state index contributed by atoms with van der Waals surface area (Å²) in [7, 11) is 1.58. The first-order valence-corrected chi connectivity index (χ1v) is 9.55. The summed E-state index contributed by atoms with van der Waals surface area (Å²) in [6.07, 6.45) is 0.278. The predicted molar refractivity (Wildman–Crippen MR) is 107 cm³/mol. The van der Waals surface area contributed by atoms with E-state index in [-0.39, 0.29) is 5.91 Å². The third-order valence-electron chi connectivity index (χ3n) is 3.79. The van der Waals surface area contributed by atoms with Crippen molar-refractivity contribution in [2.75, 3.05) is 19.0 Å².